The number of hydrogen-bond acceptors (Lipinski definition) is 5. The number of carboxylic acid groups (broad SMARTS) is 1. The zero-order valence-electron chi connectivity index (χ0n) is 15.7. The van der Waals surface area contributed by atoms with Gasteiger partial charge in [-0.15, -0.1) is 0 Å². The van der Waals surface area contributed by atoms with Crippen molar-refractivity contribution in [3.8, 4) is 23.3 Å². The molecule has 0 radical (unpaired) electrons. The highest BCUT2D eigenvalue weighted by molar-refractivity contribution is 5.91. The number of aromatic carboxylic acids is 1. The number of ether oxygens (including phenoxy) is 1. The summed E-state index contributed by atoms with van der Waals surface area (Å²) in [5, 5.41) is 37.4. The van der Waals surface area contributed by atoms with Gasteiger partial charge in [0.1, 0.15) is 22.8 Å². The monoisotopic (exact) mass is 383 g/mol. The van der Waals surface area contributed by atoms with E-state index in [1.165, 1.54) is 6.07 Å². The molecule has 0 aliphatic carbocycles. The Morgan fingerprint density at radius 3 is 2.25 bits per heavy atom. The maximum Gasteiger partial charge on any atom is 0.339 e. The van der Waals surface area contributed by atoms with Crippen molar-refractivity contribution in [2.24, 2.45) is 0 Å². The first kappa shape index (κ1) is 21.1. The molecule has 6 heteroatoms. The number of benzene rings is 2. The minimum atomic E-state index is -1.25. The zero-order chi connectivity index (χ0) is 20.4. The Hall–Kier alpha value is -3.20. The van der Waals surface area contributed by atoms with Crippen LogP contribution in [0.3, 0.4) is 0 Å². The molecule has 0 fully saturated rings. The van der Waals surface area contributed by atoms with Gasteiger partial charge in [0, 0.05) is 0 Å². The van der Waals surface area contributed by atoms with Crippen molar-refractivity contribution in [3.05, 3.63) is 53.1 Å². The lowest BCUT2D eigenvalue weighted by atomic mass is 10.0. The van der Waals surface area contributed by atoms with E-state index in [1.807, 2.05) is 0 Å². The van der Waals surface area contributed by atoms with Crippen LogP contribution in [0.4, 0.5) is 0 Å². The van der Waals surface area contributed by atoms with Crippen LogP contribution in [0.2, 0.25) is 0 Å². The number of rotatable bonds is 11. The third kappa shape index (κ3) is 6.51. The minimum absolute atomic E-state index is 0.146. The maximum atomic E-state index is 11.1. The van der Waals surface area contributed by atoms with E-state index in [-0.39, 0.29) is 17.1 Å². The summed E-state index contributed by atoms with van der Waals surface area (Å²) >= 11 is 0. The van der Waals surface area contributed by atoms with E-state index >= 15 is 0 Å². The number of hydrogen-bond donors (Lipinski definition) is 3. The molecule has 0 saturated carbocycles. The smallest absolute Gasteiger partial charge is 0.339 e. The van der Waals surface area contributed by atoms with Gasteiger partial charge >= 0.3 is 5.97 Å². The van der Waals surface area contributed by atoms with Gasteiger partial charge < -0.3 is 20.1 Å². The summed E-state index contributed by atoms with van der Waals surface area (Å²) in [6, 6.07) is 11.6. The number of carboxylic acids is 1. The van der Waals surface area contributed by atoms with Gasteiger partial charge in [0.25, 0.3) is 0 Å². The van der Waals surface area contributed by atoms with Gasteiger partial charge in [-0.1, -0.05) is 25.7 Å². The molecule has 0 bridgehead atoms. The second kappa shape index (κ2) is 10.8. The lowest BCUT2D eigenvalue weighted by Crippen LogP contribution is -1.99. The highest BCUT2D eigenvalue weighted by Gasteiger charge is 2.15. The quantitative estimate of drug-likeness (QED) is 0.385. The number of aryl methyl sites for hydroxylation is 1. The Kier molecular flexibility index (Phi) is 8.16. The van der Waals surface area contributed by atoms with Gasteiger partial charge in [0.05, 0.1) is 18.2 Å². The third-order valence-electron chi connectivity index (χ3n) is 4.50. The number of nitrogens with zero attached hydrogens (tertiary/aromatic N) is 1. The summed E-state index contributed by atoms with van der Waals surface area (Å²) < 4.78 is 5.64. The standard InChI is InChI=1S/C22H25NO5/c23-15-16-8-10-19(11-9-16)28-12-6-4-2-1-3-5-7-17-13-18(24)14-20(21(17)25)22(26)27/h8-11,13-14,24-25H,1-7,12H2,(H,26,27). The molecule has 0 atom stereocenters. The molecule has 148 valence electrons. The van der Waals surface area contributed by atoms with Gasteiger partial charge in [0.2, 0.25) is 0 Å². The minimum Gasteiger partial charge on any atom is -0.508 e. The molecule has 0 aromatic heterocycles. The number of phenolic OH excluding ortho intramolecular Hbond substituents is 1. The molecule has 3 N–H and O–H groups in total. The van der Waals surface area contributed by atoms with Gasteiger partial charge in [-0.05, 0) is 61.2 Å². The van der Waals surface area contributed by atoms with E-state index in [0.717, 1.165) is 50.3 Å². The Labute approximate surface area is 164 Å². The molecule has 28 heavy (non-hydrogen) atoms. The SMILES string of the molecule is N#Cc1ccc(OCCCCCCCCc2cc(O)cc(C(=O)O)c2O)cc1. The van der Waals surface area contributed by atoms with Gasteiger partial charge in [-0.2, -0.15) is 5.26 Å². The van der Waals surface area contributed by atoms with E-state index in [2.05, 4.69) is 6.07 Å². The highest BCUT2D eigenvalue weighted by Crippen LogP contribution is 2.29. The van der Waals surface area contributed by atoms with Crippen LogP contribution in [-0.2, 0) is 6.42 Å². The number of aromatic hydroxyl groups is 2. The zero-order valence-corrected chi connectivity index (χ0v) is 15.7. The third-order valence-corrected chi connectivity index (χ3v) is 4.50. The molecule has 0 unspecified atom stereocenters. The van der Waals surface area contributed by atoms with Crippen LogP contribution in [0.25, 0.3) is 0 Å². The van der Waals surface area contributed by atoms with Crippen molar-refractivity contribution >= 4 is 5.97 Å². The fourth-order valence-corrected chi connectivity index (χ4v) is 2.97. The second-order valence-electron chi connectivity index (χ2n) is 6.66. The first-order valence-corrected chi connectivity index (χ1v) is 9.42. The fraction of sp³-hybridized carbons (Fsp3) is 0.364. The molecule has 0 spiro atoms. The summed E-state index contributed by atoms with van der Waals surface area (Å²) in [7, 11) is 0. The molecule has 2 rings (SSSR count). The van der Waals surface area contributed by atoms with Gasteiger partial charge in [-0.3, -0.25) is 0 Å². The van der Waals surface area contributed by atoms with Crippen LogP contribution in [0.5, 0.6) is 17.2 Å². The predicted molar refractivity (Wildman–Crippen MR) is 105 cm³/mol. The average Bonchev–Trinajstić information content (AvgIpc) is 2.69. The number of nitriles is 1. The Balaban J connectivity index is 1.58. The van der Waals surface area contributed by atoms with Crippen LogP contribution in [-0.4, -0.2) is 27.9 Å². The first-order chi connectivity index (χ1) is 13.5. The Bertz CT molecular complexity index is 824. The lowest BCUT2D eigenvalue weighted by molar-refractivity contribution is 0.0693. The summed E-state index contributed by atoms with van der Waals surface area (Å²) in [5.41, 5.74) is 0.816. The summed E-state index contributed by atoms with van der Waals surface area (Å²) in [6.07, 6.45) is 6.44. The molecule has 0 aliphatic heterocycles. The number of phenols is 2. The van der Waals surface area contributed by atoms with Crippen LogP contribution in [0, 0.1) is 11.3 Å². The average molecular weight is 383 g/mol. The van der Waals surface area contributed by atoms with Crippen molar-refractivity contribution in [2.45, 2.75) is 44.9 Å². The number of unbranched alkanes of at least 4 members (excludes halogenated alkanes) is 5. The molecule has 0 heterocycles. The van der Waals surface area contributed by atoms with Crippen molar-refractivity contribution in [3.63, 3.8) is 0 Å². The molecule has 2 aromatic carbocycles. The lowest BCUT2D eigenvalue weighted by Gasteiger charge is -2.09. The normalized spacial score (nSPS) is 10.4. The van der Waals surface area contributed by atoms with Crippen molar-refractivity contribution in [1.29, 1.82) is 5.26 Å². The Morgan fingerprint density at radius 1 is 0.964 bits per heavy atom. The first-order valence-electron chi connectivity index (χ1n) is 9.42. The predicted octanol–water partition coefficient (Wildman–Crippen LogP) is 4.63. The van der Waals surface area contributed by atoms with Crippen LogP contribution in [0.1, 0.15) is 60.0 Å². The van der Waals surface area contributed by atoms with Gasteiger partial charge in [0.15, 0.2) is 0 Å². The number of carbonyl (C=O) groups is 1. The van der Waals surface area contributed by atoms with Crippen LogP contribution < -0.4 is 4.74 Å². The van der Waals surface area contributed by atoms with E-state index in [0.29, 0.717) is 24.2 Å². The summed E-state index contributed by atoms with van der Waals surface area (Å²) in [4.78, 5) is 11.1. The van der Waals surface area contributed by atoms with Crippen LogP contribution in [0.15, 0.2) is 36.4 Å². The second-order valence-corrected chi connectivity index (χ2v) is 6.66. The topological polar surface area (TPSA) is 111 Å². The molecular weight excluding hydrogens is 358 g/mol. The Morgan fingerprint density at radius 2 is 1.61 bits per heavy atom. The highest BCUT2D eigenvalue weighted by atomic mass is 16.5. The van der Waals surface area contributed by atoms with Crippen molar-refractivity contribution in [2.75, 3.05) is 6.61 Å². The van der Waals surface area contributed by atoms with Crippen molar-refractivity contribution in [1.82, 2.24) is 0 Å². The molecule has 0 amide bonds. The van der Waals surface area contributed by atoms with Gasteiger partial charge in [-0.25, -0.2) is 4.79 Å². The van der Waals surface area contributed by atoms with E-state index in [4.69, 9.17) is 15.1 Å². The molecule has 6 nitrogen and oxygen atoms in total. The fourth-order valence-electron chi connectivity index (χ4n) is 2.97. The largest absolute Gasteiger partial charge is 0.508 e. The molecular formula is C22H25NO5. The van der Waals surface area contributed by atoms with Crippen LogP contribution >= 0.6 is 0 Å². The molecule has 0 aliphatic rings. The molecule has 2 aromatic rings. The van der Waals surface area contributed by atoms with E-state index < -0.39 is 5.97 Å². The van der Waals surface area contributed by atoms with Crippen molar-refractivity contribution < 1.29 is 24.9 Å². The molecule has 0 saturated heterocycles. The summed E-state index contributed by atoms with van der Waals surface area (Å²) in [6.45, 7) is 0.640. The summed E-state index contributed by atoms with van der Waals surface area (Å²) in [5.74, 6) is -0.888. The van der Waals surface area contributed by atoms with E-state index in [9.17, 15) is 15.0 Å². The maximum absolute atomic E-state index is 11.1. The van der Waals surface area contributed by atoms with E-state index in [1.54, 1.807) is 24.3 Å².